The van der Waals surface area contributed by atoms with Crippen LogP contribution >= 0.6 is 0 Å². The topological polar surface area (TPSA) is 133 Å². The predicted octanol–water partition coefficient (Wildman–Crippen LogP) is 5.01. The van der Waals surface area contributed by atoms with Crippen molar-refractivity contribution in [2.75, 3.05) is 17.2 Å². The Labute approximate surface area is 228 Å². The van der Waals surface area contributed by atoms with Crippen molar-refractivity contribution in [1.29, 1.82) is 10.5 Å². The van der Waals surface area contributed by atoms with Gasteiger partial charge in [-0.1, -0.05) is 26.0 Å². The fourth-order valence-electron chi connectivity index (χ4n) is 4.61. The Balaban J connectivity index is 1.61. The number of hydrogen-bond donors (Lipinski definition) is 2. The van der Waals surface area contributed by atoms with E-state index >= 15 is 0 Å². The first-order valence-corrected chi connectivity index (χ1v) is 12.6. The molecule has 3 aromatic heterocycles. The number of rotatable bonds is 7. The molecule has 1 aromatic carbocycles. The second kappa shape index (κ2) is 9.52. The molecule has 0 unspecified atom stereocenters. The van der Waals surface area contributed by atoms with Crippen LogP contribution in [0.5, 0.6) is 0 Å². The molecule has 3 heterocycles. The van der Waals surface area contributed by atoms with Crippen molar-refractivity contribution in [3.63, 3.8) is 0 Å². The maximum absolute atomic E-state index is 13.8. The number of pyridine rings is 1. The molecule has 1 aliphatic carbocycles. The lowest BCUT2D eigenvalue weighted by Crippen LogP contribution is -2.35. The van der Waals surface area contributed by atoms with Crippen LogP contribution < -0.4 is 10.6 Å². The van der Waals surface area contributed by atoms with E-state index in [4.69, 9.17) is 0 Å². The highest BCUT2D eigenvalue weighted by molar-refractivity contribution is 5.99. The second-order valence-electron chi connectivity index (χ2n) is 11.2. The van der Waals surface area contributed by atoms with Gasteiger partial charge in [0.2, 0.25) is 0 Å². The third-order valence-corrected chi connectivity index (χ3v) is 6.97. The minimum atomic E-state index is -4.45. The zero-order valence-electron chi connectivity index (χ0n) is 22.4. The molecule has 206 valence electrons. The summed E-state index contributed by atoms with van der Waals surface area (Å²) >= 11 is 0. The van der Waals surface area contributed by atoms with Crippen LogP contribution in [-0.2, 0) is 12.6 Å². The van der Waals surface area contributed by atoms with Crippen LogP contribution in [0.2, 0.25) is 0 Å². The molecule has 0 amide bonds. The van der Waals surface area contributed by atoms with Gasteiger partial charge in [-0.25, -0.2) is 4.68 Å². The molecule has 1 saturated carbocycles. The average Bonchev–Trinajstić information content (AvgIpc) is 3.39. The van der Waals surface area contributed by atoms with Gasteiger partial charge in [-0.15, -0.1) is 5.10 Å². The summed E-state index contributed by atoms with van der Waals surface area (Å²) in [6.45, 7) is 6.72. The first kappa shape index (κ1) is 26.9. The van der Waals surface area contributed by atoms with E-state index in [2.05, 4.69) is 63.9 Å². The van der Waals surface area contributed by atoms with Crippen molar-refractivity contribution in [3.05, 3.63) is 59.3 Å². The van der Waals surface area contributed by atoms with Crippen LogP contribution in [0.3, 0.4) is 0 Å². The number of nitrogens with one attached hydrogen (secondary N) is 2. The van der Waals surface area contributed by atoms with Gasteiger partial charge in [-0.3, -0.25) is 9.67 Å². The van der Waals surface area contributed by atoms with Gasteiger partial charge in [-0.2, -0.15) is 28.8 Å². The Bertz CT molecular complexity index is 1660. The van der Waals surface area contributed by atoms with Gasteiger partial charge in [0.15, 0.2) is 5.54 Å². The van der Waals surface area contributed by atoms with E-state index in [1.54, 1.807) is 36.1 Å². The molecule has 0 radical (unpaired) electrons. The number of nitrogens with zero attached hydrogens (tertiary/aromatic N) is 8. The smallest absolute Gasteiger partial charge is 0.383 e. The van der Waals surface area contributed by atoms with Gasteiger partial charge in [0.05, 0.1) is 34.2 Å². The molecule has 0 aliphatic heterocycles. The summed E-state index contributed by atoms with van der Waals surface area (Å²) in [4.78, 5) is 4.37. The Kier molecular flexibility index (Phi) is 6.41. The Hall–Kier alpha value is -4.65. The average molecular weight is 549 g/mol. The number of halogens is 3. The first-order chi connectivity index (χ1) is 18.9. The summed E-state index contributed by atoms with van der Waals surface area (Å²) in [5.41, 5.74) is 0.790. The summed E-state index contributed by atoms with van der Waals surface area (Å²) in [5.74, 6) is 0. The summed E-state index contributed by atoms with van der Waals surface area (Å²) in [6, 6.07) is 8.69. The number of benzene rings is 1. The number of nitriles is 2. The lowest BCUT2D eigenvalue weighted by molar-refractivity contribution is -0.182. The van der Waals surface area contributed by atoms with Crippen LogP contribution in [0.25, 0.3) is 10.9 Å². The largest absolute Gasteiger partial charge is 0.413 e. The SMILES string of the molecule is Cn1nccc1[C@H](Nc1cc(C#N)c2ncc(C#N)c(NCC(C)(C)C)c2c1)c1cn(C2(C(F)(F)F)CC2)nn1. The van der Waals surface area contributed by atoms with Crippen molar-refractivity contribution in [3.8, 4) is 12.1 Å². The number of hydrogen-bond acceptors (Lipinski definition) is 8. The molecule has 0 saturated heterocycles. The molecule has 13 heteroatoms. The maximum atomic E-state index is 13.8. The van der Waals surface area contributed by atoms with E-state index in [0.717, 1.165) is 4.68 Å². The molecular weight excluding hydrogens is 521 g/mol. The molecule has 1 fully saturated rings. The molecule has 0 bridgehead atoms. The second-order valence-corrected chi connectivity index (χ2v) is 11.2. The fourth-order valence-corrected chi connectivity index (χ4v) is 4.61. The summed E-state index contributed by atoms with van der Waals surface area (Å²) < 4.78 is 43.8. The minimum absolute atomic E-state index is 0.0577. The lowest BCUT2D eigenvalue weighted by Gasteiger charge is -2.22. The first-order valence-electron chi connectivity index (χ1n) is 12.6. The van der Waals surface area contributed by atoms with Crippen molar-refractivity contribution < 1.29 is 13.2 Å². The van der Waals surface area contributed by atoms with Crippen molar-refractivity contribution >= 4 is 22.3 Å². The van der Waals surface area contributed by atoms with Gasteiger partial charge >= 0.3 is 6.18 Å². The van der Waals surface area contributed by atoms with Crippen molar-refractivity contribution in [1.82, 2.24) is 29.8 Å². The number of aromatic nitrogens is 6. The van der Waals surface area contributed by atoms with Gasteiger partial charge in [0, 0.05) is 37.1 Å². The number of alkyl halides is 3. The number of anilines is 2. The summed E-state index contributed by atoms with van der Waals surface area (Å²) in [5, 5.41) is 39.1. The highest BCUT2D eigenvalue weighted by Crippen LogP contribution is 2.55. The molecule has 4 aromatic rings. The van der Waals surface area contributed by atoms with E-state index < -0.39 is 17.8 Å². The highest BCUT2D eigenvalue weighted by atomic mass is 19.4. The molecule has 2 N–H and O–H groups in total. The third-order valence-electron chi connectivity index (χ3n) is 6.97. The van der Waals surface area contributed by atoms with Crippen LogP contribution in [-0.4, -0.2) is 42.5 Å². The summed E-state index contributed by atoms with van der Waals surface area (Å²) in [7, 11) is 1.71. The molecule has 0 spiro atoms. The lowest BCUT2D eigenvalue weighted by atomic mass is 9.96. The molecule has 5 rings (SSSR count). The van der Waals surface area contributed by atoms with Crippen LogP contribution in [0.1, 0.15) is 62.2 Å². The van der Waals surface area contributed by atoms with E-state index in [1.807, 2.05) is 0 Å². The predicted molar refractivity (Wildman–Crippen MR) is 141 cm³/mol. The molecule has 10 nitrogen and oxygen atoms in total. The standard InChI is InChI=1S/C27H27F3N10/c1-25(2,3)15-34-23-17(12-32)13-33-22-16(11-31)9-18(10-19(22)23)36-24(21-5-8-35-39(21)4)20-14-40(38-37-20)26(6-7-26)27(28,29)30/h5,8-10,13-14,24,36H,6-7,15H2,1-4H3,(H,33,34)/t24-/m1/s1. The van der Waals surface area contributed by atoms with Gasteiger partial charge in [-0.05, 0) is 36.5 Å². The normalized spacial score (nSPS) is 15.3. The van der Waals surface area contributed by atoms with Crippen LogP contribution in [0.15, 0.2) is 36.8 Å². The van der Waals surface area contributed by atoms with E-state index in [9.17, 15) is 23.7 Å². The Morgan fingerprint density at radius 3 is 2.42 bits per heavy atom. The minimum Gasteiger partial charge on any atom is -0.383 e. The van der Waals surface area contributed by atoms with Gasteiger partial charge in [0.1, 0.15) is 23.9 Å². The van der Waals surface area contributed by atoms with Gasteiger partial charge < -0.3 is 10.6 Å². The van der Waals surface area contributed by atoms with E-state index in [0.29, 0.717) is 40.1 Å². The number of fused-ring (bicyclic) bond motifs is 1. The molecule has 40 heavy (non-hydrogen) atoms. The molecular formula is C27H27F3N10. The molecule has 1 aliphatic rings. The third kappa shape index (κ3) is 4.79. The zero-order valence-corrected chi connectivity index (χ0v) is 22.4. The molecule has 1 atom stereocenters. The van der Waals surface area contributed by atoms with E-state index in [-0.39, 0.29) is 29.5 Å². The zero-order chi connectivity index (χ0) is 28.9. The van der Waals surface area contributed by atoms with Crippen molar-refractivity contribution in [2.24, 2.45) is 12.5 Å². The number of aryl methyl sites for hydroxylation is 1. The fraction of sp³-hybridized carbons (Fsp3) is 0.407. The summed E-state index contributed by atoms with van der Waals surface area (Å²) in [6.07, 6.45) is -0.244. The van der Waals surface area contributed by atoms with Gasteiger partial charge in [0.25, 0.3) is 0 Å². The monoisotopic (exact) mass is 548 g/mol. The Morgan fingerprint density at radius 1 is 1.12 bits per heavy atom. The maximum Gasteiger partial charge on any atom is 0.413 e. The van der Waals surface area contributed by atoms with Crippen LogP contribution in [0, 0.1) is 28.1 Å². The van der Waals surface area contributed by atoms with Crippen molar-refractivity contribution in [2.45, 2.75) is 51.4 Å². The van der Waals surface area contributed by atoms with Crippen LogP contribution in [0.4, 0.5) is 24.5 Å². The quantitative estimate of drug-likeness (QED) is 0.329. The Morgan fingerprint density at radius 2 is 1.85 bits per heavy atom. The van der Waals surface area contributed by atoms with E-state index in [1.165, 1.54) is 12.4 Å². The highest BCUT2D eigenvalue weighted by Gasteiger charge is 2.66.